The van der Waals surface area contributed by atoms with Crippen molar-refractivity contribution in [1.82, 2.24) is 5.32 Å². The van der Waals surface area contributed by atoms with Crippen molar-refractivity contribution in [2.24, 2.45) is 0 Å². The molecule has 1 amide bonds. The molecular weight excluding hydrogens is 262 g/mol. The number of aliphatic hydroxyl groups excluding tert-OH is 1. The lowest BCUT2D eigenvalue weighted by atomic mass is 10.2. The molecule has 0 saturated carbocycles. The molecule has 90 valence electrons. The number of ether oxygens (including phenoxy) is 1. The summed E-state index contributed by atoms with van der Waals surface area (Å²) in [6.07, 6.45) is 2.53. The van der Waals surface area contributed by atoms with Crippen LogP contribution >= 0.6 is 15.9 Å². The maximum absolute atomic E-state index is 11.2. The number of hydrogen-bond donors (Lipinski definition) is 2. The smallest absolute Gasteiger partial charge is 0.219 e. The van der Waals surface area contributed by atoms with Gasteiger partial charge in [-0.15, -0.1) is 0 Å². The van der Waals surface area contributed by atoms with Crippen molar-refractivity contribution >= 4 is 21.8 Å². The number of carbonyl (C=O) groups is 1. The predicted octanol–water partition coefficient (Wildman–Crippen LogP) is 1.07. The van der Waals surface area contributed by atoms with E-state index in [1.54, 1.807) is 7.11 Å². The molecule has 0 fully saturated rings. The zero-order valence-corrected chi connectivity index (χ0v) is 10.8. The van der Waals surface area contributed by atoms with Gasteiger partial charge in [0, 0.05) is 25.4 Å². The lowest BCUT2D eigenvalue weighted by molar-refractivity contribution is -0.121. The minimum absolute atomic E-state index is 0.0561. The molecular formula is C10H20BrNO3. The van der Waals surface area contributed by atoms with Gasteiger partial charge in [0.15, 0.2) is 0 Å². The van der Waals surface area contributed by atoms with E-state index in [-0.39, 0.29) is 5.91 Å². The van der Waals surface area contributed by atoms with Crippen molar-refractivity contribution in [3.8, 4) is 0 Å². The molecule has 2 N–H and O–H groups in total. The van der Waals surface area contributed by atoms with Gasteiger partial charge in [-0.05, 0) is 19.3 Å². The van der Waals surface area contributed by atoms with Crippen molar-refractivity contribution in [1.29, 1.82) is 0 Å². The van der Waals surface area contributed by atoms with Crippen LogP contribution in [-0.2, 0) is 9.53 Å². The standard InChI is InChI=1S/C10H20BrNO3/c1-15-8-9(13)5-7-12-10(14)4-2-3-6-11/h9,13H,2-8H2,1H3,(H,12,14). The molecule has 0 aliphatic carbocycles. The summed E-state index contributed by atoms with van der Waals surface area (Å²) in [5.41, 5.74) is 0. The summed E-state index contributed by atoms with van der Waals surface area (Å²) in [6.45, 7) is 0.830. The molecule has 5 heteroatoms. The van der Waals surface area contributed by atoms with Gasteiger partial charge in [0.25, 0.3) is 0 Å². The van der Waals surface area contributed by atoms with Gasteiger partial charge in [0.05, 0.1) is 12.7 Å². The number of nitrogens with one attached hydrogen (secondary N) is 1. The van der Waals surface area contributed by atoms with Crippen LogP contribution in [0.4, 0.5) is 0 Å². The van der Waals surface area contributed by atoms with Crippen molar-refractivity contribution in [2.45, 2.75) is 31.8 Å². The van der Waals surface area contributed by atoms with Crippen molar-refractivity contribution in [3.05, 3.63) is 0 Å². The van der Waals surface area contributed by atoms with Crippen LogP contribution in [0, 0.1) is 0 Å². The van der Waals surface area contributed by atoms with Crippen LogP contribution in [0.25, 0.3) is 0 Å². The number of aliphatic hydroxyl groups is 1. The van der Waals surface area contributed by atoms with E-state index in [9.17, 15) is 9.90 Å². The van der Waals surface area contributed by atoms with Crippen LogP contribution < -0.4 is 5.32 Å². The summed E-state index contributed by atoms with van der Waals surface area (Å²) in [5.74, 6) is 0.0561. The number of methoxy groups -OCH3 is 1. The molecule has 1 unspecified atom stereocenters. The highest BCUT2D eigenvalue weighted by atomic mass is 79.9. The average molecular weight is 282 g/mol. The Kier molecular flexibility index (Phi) is 10.3. The number of alkyl halides is 1. The highest BCUT2D eigenvalue weighted by Gasteiger charge is 2.04. The normalized spacial score (nSPS) is 12.5. The number of halogens is 1. The largest absolute Gasteiger partial charge is 0.391 e. The molecule has 0 radical (unpaired) electrons. The molecule has 0 heterocycles. The fourth-order valence-corrected chi connectivity index (χ4v) is 1.52. The molecule has 0 aromatic rings. The third kappa shape index (κ3) is 10.2. The molecule has 0 spiro atoms. The zero-order valence-electron chi connectivity index (χ0n) is 9.17. The third-order valence-corrected chi connectivity index (χ3v) is 2.51. The summed E-state index contributed by atoms with van der Waals surface area (Å²) < 4.78 is 4.77. The Bertz CT molecular complexity index is 167. The second kappa shape index (κ2) is 10.4. The summed E-state index contributed by atoms with van der Waals surface area (Å²) >= 11 is 3.31. The van der Waals surface area contributed by atoms with Gasteiger partial charge in [-0.3, -0.25) is 4.79 Å². The molecule has 0 aromatic carbocycles. The van der Waals surface area contributed by atoms with Crippen LogP contribution in [0.3, 0.4) is 0 Å². The van der Waals surface area contributed by atoms with E-state index >= 15 is 0 Å². The summed E-state index contributed by atoms with van der Waals surface area (Å²) in [6, 6.07) is 0. The fourth-order valence-electron chi connectivity index (χ4n) is 1.12. The first kappa shape index (κ1) is 14.9. The van der Waals surface area contributed by atoms with Crippen LogP contribution in [-0.4, -0.2) is 42.7 Å². The Morgan fingerprint density at radius 1 is 1.53 bits per heavy atom. The molecule has 15 heavy (non-hydrogen) atoms. The summed E-state index contributed by atoms with van der Waals surface area (Å²) in [7, 11) is 1.54. The Labute approximate surface area is 99.5 Å². The Morgan fingerprint density at radius 3 is 2.87 bits per heavy atom. The Hall–Kier alpha value is -0.130. The molecule has 4 nitrogen and oxygen atoms in total. The van der Waals surface area contributed by atoms with Crippen molar-refractivity contribution < 1.29 is 14.6 Å². The van der Waals surface area contributed by atoms with E-state index in [4.69, 9.17) is 4.74 Å². The second-order valence-corrected chi connectivity index (χ2v) is 4.19. The number of amides is 1. The van der Waals surface area contributed by atoms with E-state index in [1.165, 1.54) is 0 Å². The van der Waals surface area contributed by atoms with Crippen molar-refractivity contribution in [3.63, 3.8) is 0 Å². The Balaban J connectivity index is 3.30. The molecule has 0 aromatic heterocycles. The fraction of sp³-hybridized carbons (Fsp3) is 0.900. The molecule has 1 atom stereocenters. The lowest BCUT2D eigenvalue weighted by Gasteiger charge is -2.09. The molecule has 0 bridgehead atoms. The van der Waals surface area contributed by atoms with E-state index in [2.05, 4.69) is 21.2 Å². The lowest BCUT2D eigenvalue weighted by Crippen LogP contribution is -2.28. The SMILES string of the molecule is COCC(O)CCNC(=O)CCCCBr. The first-order valence-corrected chi connectivity index (χ1v) is 6.32. The monoisotopic (exact) mass is 281 g/mol. The second-order valence-electron chi connectivity index (χ2n) is 3.39. The topological polar surface area (TPSA) is 58.6 Å². The predicted molar refractivity (Wildman–Crippen MR) is 63.2 cm³/mol. The minimum Gasteiger partial charge on any atom is -0.391 e. The van der Waals surface area contributed by atoms with Crippen LogP contribution in [0.15, 0.2) is 0 Å². The van der Waals surface area contributed by atoms with E-state index < -0.39 is 6.10 Å². The van der Waals surface area contributed by atoms with Crippen LogP contribution in [0.2, 0.25) is 0 Å². The van der Waals surface area contributed by atoms with Gasteiger partial charge in [-0.2, -0.15) is 0 Å². The zero-order chi connectivity index (χ0) is 11.5. The minimum atomic E-state index is -0.488. The van der Waals surface area contributed by atoms with Gasteiger partial charge in [0.2, 0.25) is 5.91 Å². The van der Waals surface area contributed by atoms with Gasteiger partial charge in [0.1, 0.15) is 0 Å². The number of rotatable bonds is 9. The number of carbonyl (C=O) groups excluding carboxylic acids is 1. The van der Waals surface area contributed by atoms with Gasteiger partial charge < -0.3 is 15.2 Å². The first-order chi connectivity index (χ1) is 7.20. The van der Waals surface area contributed by atoms with Crippen LogP contribution in [0.1, 0.15) is 25.7 Å². The third-order valence-electron chi connectivity index (χ3n) is 1.95. The number of unbranched alkanes of at least 4 members (excludes halogenated alkanes) is 1. The number of hydrogen-bond acceptors (Lipinski definition) is 3. The first-order valence-electron chi connectivity index (χ1n) is 5.20. The van der Waals surface area contributed by atoms with Gasteiger partial charge in [-0.25, -0.2) is 0 Å². The van der Waals surface area contributed by atoms with Gasteiger partial charge in [-0.1, -0.05) is 15.9 Å². The summed E-state index contributed by atoms with van der Waals surface area (Å²) in [5, 5.41) is 13.0. The maximum atomic E-state index is 11.2. The quantitative estimate of drug-likeness (QED) is 0.491. The molecule has 0 aliphatic rings. The Morgan fingerprint density at radius 2 is 2.27 bits per heavy atom. The highest BCUT2D eigenvalue weighted by Crippen LogP contribution is 1.98. The maximum Gasteiger partial charge on any atom is 0.219 e. The van der Waals surface area contributed by atoms with Crippen molar-refractivity contribution in [2.75, 3.05) is 25.6 Å². The molecule has 0 rings (SSSR count). The molecule has 0 aliphatic heterocycles. The van der Waals surface area contributed by atoms with E-state index in [0.717, 1.165) is 18.2 Å². The highest BCUT2D eigenvalue weighted by molar-refractivity contribution is 9.09. The van der Waals surface area contributed by atoms with Gasteiger partial charge >= 0.3 is 0 Å². The van der Waals surface area contributed by atoms with E-state index in [0.29, 0.717) is 26.0 Å². The summed E-state index contributed by atoms with van der Waals surface area (Å²) in [4.78, 5) is 11.2. The molecule has 0 saturated heterocycles. The van der Waals surface area contributed by atoms with E-state index in [1.807, 2.05) is 0 Å². The van der Waals surface area contributed by atoms with Crippen LogP contribution in [0.5, 0.6) is 0 Å². The average Bonchev–Trinajstić information content (AvgIpc) is 2.18.